The van der Waals surface area contributed by atoms with Crippen molar-refractivity contribution in [2.75, 3.05) is 39.7 Å². The molecule has 13 heteroatoms. The number of fused-ring (bicyclic) bond motifs is 1. The van der Waals surface area contributed by atoms with Crippen molar-refractivity contribution in [3.05, 3.63) is 120 Å². The standard InChI is InChI=1S/C35H34FN3O8S/c36-28-9-6-25(7-10-28)22-39(33(40)23-45-29-11-13-30(14-12-29)48(42,43)38-16-18-44-19-17-38)34(27-4-2-1-3-5-27)35(41)37-21-26-8-15-31-32(20-26)47-24-46-31/h1-15,20,34H,16-19,21-24H2,(H,37,41). The summed E-state index contributed by atoms with van der Waals surface area (Å²) in [7, 11) is -3.70. The van der Waals surface area contributed by atoms with E-state index in [9.17, 15) is 22.4 Å². The summed E-state index contributed by atoms with van der Waals surface area (Å²) in [5.41, 5.74) is 1.94. The number of benzene rings is 4. The molecule has 0 radical (unpaired) electrons. The maximum Gasteiger partial charge on any atom is 0.261 e. The largest absolute Gasteiger partial charge is 0.484 e. The molecule has 0 bridgehead atoms. The number of morpholine rings is 1. The van der Waals surface area contributed by atoms with Crippen LogP contribution < -0.4 is 19.5 Å². The van der Waals surface area contributed by atoms with E-state index in [2.05, 4.69) is 5.32 Å². The molecule has 1 unspecified atom stereocenters. The summed E-state index contributed by atoms with van der Waals surface area (Å²) < 4.78 is 63.1. The number of carbonyl (C=O) groups excluding carboxylic acids is 2. The fourth-order valence-corrected chi connectivity index (χ4v) is 6.83. The Balaban J connectivity index is 1.21. The monoisotopic (exact) mass is 675 g/mol. The predicted octanol–water partition coefficient (Wildman–Crippen LogP) is 4.04. The van der Waals surface area contributed by atoms with Crippen molar-refractivity contribution in [1.82, 2.24) is 14.5 Å². The predicted molar refractivity (Wildman–Crippen MR) is 172 cm³/mol. The minimum atomic E-state index is -3.70. The Morgan fingerprint density at radius 2 is 1.56 bits per heavy atom. The number of ether oxygens (including phenoxy) is 4. The average molecular weight is 676 g/mol. The zero-order valence-electron chi connectivity index (χ0n) is 25.9. The summed E-state index contributed by atoms with van der Waals surface area (Å²) in [6.45, 7) is 1.02. The molecule has 48 heavy (non-hydrogen) atoms. The maximum atomic E-state index is 13.9. The Bertz CT molecular complexity index is 1830. The van der Waals surface area contributed by atoms with Crippen LogP contribution in [-0.2, 0) is 37.4 Å². The number of sulfonamides is 1. The third kappa shape index (κ3) is 7.76. The highest BCUT2D eigenvalue weighted by Gasteiger charge is 2.32. The molecule has 0 saturated carbocycles. The number of rotatable bonds is 12. The molecular weight excluding hydrogens is 641 g/mol. The quantitative estimate of drug-likeness (QED) is 0.239. The highest BCUT2D eigenvalue weighted by molar-refractivity contribution is 7.89. The maximum absolute atomic E-state index is 13.9. The highest BCUT2D eigenvalue weighted by atomic mass is 32.2. The van der Waals surface area contributed by atoms with Gasteiger partial charge in [-0.05, 0) is 65.2 Å². The summed E-state index contributed by atoms with van der Waals surface area (Å²) in [4.78, 5) is 29.4. The van der Waals surface area contributed by atoms with Gasteiger partial charge in [-0.1, -0.05) is 48.5 Å². The fourth-order valence-electron chi connectivity index (χ4n) is 5.43. The number of hydrogen-bond acceptors (Lipinski definition) is 8. The Hall–Kier alpha value is -4.98. The zero-order chi connectivity index (χ0) is 33.5. The Labute approximate surface area is 277 Å². The molecule has 2 aliphatic heterocycles. The van der Waals surface area contributed by atoms with Crippen LogP contribution >= 0.6 is 0 Å². The van der Waals surface area contributed by atoms with Crippen LogP contribution in [0.4, 0.5) is 4.39 Å². The lowest BCUT2D eigenvalue weighted by molar-refractivity contribution is -0.143. The van der Waals surface area contributed by atoms with Crippen molar-refractivity contribution in [3.8, 4) is 17.2 Å². The SMILES string of the molecule is O=C(NCc1ccc2c(c1)OCO2)C(c1ccccc1)N(Cc1ccc(F)cc1)C(=O)COc1ccc(S(=O)(=O)N2CCOCC2)cc1. The van der Waals surface area contributed by atoms with E-state index in [0.29, 0.717) is 35.8 Å². The van der Waals surface area contributed by atoms with Gasteiger partial charge in [0.15, 0.2) is 18.1 Å². The molecule has 1 fully saturated rings. The van der Waals surface area contributed by atoms with E-state index in [-0.39, 0.29) is 43.6 Å². The molecule has 1 saturated heterocycles. The molecule has 2 heterocycles. The van der Waals surface area contributed by atoms with Crippen molar-refractivity contribution >= 4 is 21.8 Å². The van der Waals surface area contributed by atoms with Crippen molar-refractivity contribution in [3.63, 3.8) is 0 Å². The van der Waals surface area contributed by atoms with Gasteiger partial charge in [0, 0.05) is 26.2 Å². The van der Waals surface area contributed by atoms with Crippen LogP contribution in [0.15, 0.2) is 102 Å². The van der Waals surface area contributed by atoms with Gasteiger partial charge in [0.25, 0.3) is 5.91 Å². The van der Waals surface area contributed by atoms with E-state index >= 15 is 0 Å². The average Bonchev–Trinajstić information content (AvgIpc) is 3.59. The molecule has 0 aromatic heterocycles. The number of hydrogen-bond donors (Lipinski definition) is 1. The summed E-state index contributed by atoms with van der Waals surface area (Å²) in [6, 6.07) is 24.7. The van der Waals surface area contributed by atoms with Gasteiger partial charge in [-0.25, -0.2) is 12.8 Å². The molecule has 2 aliphatic rings. The lowest BCUT2D eigenvalue weighted by Gasteiger charge is -2.31. The second-order valence-electron chi connectivity index (χ2n) is 11.1. The molecule has 2 amide bonds. The first-order valence-corrected chi connectivity index (χ1v) is 16.8. The number of nitrogens with zero attached hydrogens (tertiary/aromatic N) is 2. The van der Waals surface area contributed by atoms with Crippen molar-refractivity contribution < 1.29 is 41.3 Å². The zero-order valence-corrected chi connectivity index (χ0v) is 26.7. The summed E-state index contributed by atoms with van der Waals surface area (Å²) >= 11 is 0. The molecule has 0 aliphatic carbocycles. The lowest BCUT2D eigenvalue weighted by Crippen LogP contribution is -2.45. The molecule has 1 atom stereocenters. The van der Waals surface area contributed by atoms with E-state index in [4.69, 9.17) is 18.9 Å². The van der Waals surface area contributed by atoms with Gasteiger partial charge in [-0.3, -0.25) is 9.59 Å². The van der Waals surface area contributed by atoms with E-state index in [1.807, 2.05) is 12.1 Å². The molecular formula is C35H34FN3O8S. The van der Waals surface area contributed by atoms with E-state index < -0.39 is 40.3 Å². The molecule has 0 spiro atoms. The first kappa shape index (κ1) is 32.9. The molecule has 4 aromatic rings. The third-order valence-corrected chi connectivity index (χ3v) is 9.87. The van der Waals surface area contributed by atoms with Crippen LogP contribution in [0.3, 0.4) is 0 Å². The van der Waals surface area contributed by atoms with Crippen molar-refractivity contribution in [2.24, 2.45) is 0 Å². The molecule has 4 aromatic carbocycles. The summed E-state index contributed by atoms with van der Waals surface area (Å²) in [6.07, 6.45) is 0. The van der Waals surface area contributed by atoms with Gasteiger partial charge in [0.05, 0.1) is 18.1 Å². The van der Waals surface area contributed by atoms with Crippen LogP contribution in [0.5, 0.6) is 17.2 Å². The van der Waals surface area contributed by atoms with Crippen LogP contribution in [0.2, 0.25) is 0 Å². The summed E-state index contributed by atoms with van der Waals surface area (Å²) in [5, 5.41) is 2.94. The van der Waals surface area contributed by atoms with Gasteiger partial charge in [-0.2, -0.15) is 4.31 Å². The Kier molecular flexibility index (Phi) is 10.2. The van der Waals surface area contributed by atoms with Gasteiger partial charge < -0.3 is 29.2 Å². The van der Waals surface area contributed by atoms with Gasteiger partial charge in [0.1, 0.15) is 17.6 Å². The fraction of sp³-hybridized carbons (Fsp3) is 0.257. The smallest absolute Gasteiger partial charge is 0.261 e. The van der Waals surface area contributed by atoms with Gasteiger partial charge in [-0.15, -0.1) is 0 Å². The minimum absolute atomic E-state index is 0.0177. The molecule has 1 N–H and O–H groups in total. The van der Waals surface area contributed by atoms with E-state index in [1.54, 1.807) is 48.5 Å². The molecule has 250 valence electrons. The van der Waals surface area contributed by atoms with E-state index in [0.717, 1.165) is 5.56 Å². The normalized spacial score (nSPS) is 15.0. The topological polar surface area (TPSA) is 124 Å². The number of halogens is 1. The summed E-state index contributed by atoms with van der Waals surface area (Å²) in [5.74, 6) is 0.0908. The first-order valence-electron chi connectivity index (χ1n) is 15.3. The van der Waals surface area contributed by atoms with Crippen LogP contribution in [0, 0.1) is 5.82 Å². The number of amides is 2. The number of carbonyl (C=O) groups is 2. The second kappa shape index (κ2) is 14.8. The second-order valence-corrected chi connectivity index (χ2v) is 13.1. The third-order valence-electron chi connectivity index (χ3n) is 7.96. The first-order chi connectivity index (χ1) is 23.3. The van der Waals surface area contributed by atoms with Crippen LogP contribution in [-0.4, -0.2) is 69.1 Å². The van der Waals surface area contributed by atoms with Crippen LogP contribution in [0.25, 0.3) is 0 Å². The highest BCUT2D eigenvalue weighted by Crippen LogP contribution is 2.33. The molecule has 11 nitrogen and oxygen atoms in total. The van der Waals surface area contributed by atoms with E-state index in [1.165, 1.54) is 45.6 Å². The Morgan fingerprint density at radius 1 is 0.875 bits per heavy atom. The molecule has 6 rings (SSSR count). The van der Waals surface area contributed by atoms with Gasteiger partial charge in [0.2, 0.25) is 22.7 Å². The number of nitrogens with one attached hydrogen (secondary N) is 1. The van der Waals surface area contributed by atoms with Crippen molar-refractivity contribution in [2.45, 2.75) is 24.0 Å². The van der Waals surface area contributed by atoms with Crippen LogP contribution in [0.1, 0.15) is 22.7 Å². The van der Waals surface area contributed by atoms with Crippen molar-refractivity contribution in [1.29, 1.82) is 0 Å². The minimum Gasteiger partial charge on any atom is -0.484 e. The lowest BCUT2D eigenvalue weighted by atomic mass is 10.0. The van der Waals surface area contributed by atoms with Gasteiger partial charge >= 0.3 is 0 Å². The Morgan fingerprint density at radius 3 is 2.29 bits per heavy atom.